The Morgan fingerprint density at radius 2 is 2.13 bits per heavy atom. The van der Waals surface area contributed by atoms with Crippen molar-refractivity contribution in [2.75, 3.05) is 26.2 Å². The van der Waals surface area contributed by atoms with Crippen molar-refractivity contribution in [2.45, 2.75) is 58.6 Å². The summed E-state index contributed by atoms with van der Waals surface area (Å²) in [7, 11) is 0. The van der Waals surface area contributed by atoms with Gasteiger partial charge in [-0.3, -0.25) is 4.90 Å². The Balaban J connectivity index is 1.76. The monoisotopic (exact) mass is 428 g/mol. The lowest BCUT2D eigenvalue weighted by atomic mass is 9.97. The molecule has 0 aliphatic carbocycles. The minimum Gasteiger partial charge on any atom is -0.506 e. The smallest absolute Gasteiger partial charge is 0.410 e. The van der Waals surface area contributed by atoms with E-state index in [-0.39, 0.29) is 17.9 Å². The van der Waals surface area contributed by atoms with Crippen molar-refractivity contribution in [3.63, 3.8) is 0 Å². The molecule has 0 saturated carbocycles. The molecule has 31 heavy (non-hydrogen) atoms. The summed E-state index contributed by atoms with van der Waals surface area (Å²) in [5.74, 6) is 1.02. The topological polar surface area (TPSA) is 88.9 Å². The molecule has 2 aliphatic heterocycles. The highest BCUT2D eigenvalue weighted by Gasteiger charge is 2.39. The first-order valence-corrected chi connectivity index (χ1v) is 10.9. The van der Waals surface area contributed by atoms with E-state index in [1.807, 2.05) is 32.9 Å². The number of nitrogens with zero attached hydrogens (tertiary/aromatic N) is 3. The molecule has 1 aromatic carbocycles. The standard InChI is InChI=1S/C23H32N4O4/c1-14(2)15-6-7-16(19(28)12-15)27-17-8-10-26(22(29)31-23(3,4)5)18-13-24-9-11-30-21(25-27)20(17)18/h6-7,12,14,18,24,28H,8-11,13H2,1-5H3/t18-/m0/s1. The molecule has 0 fully saturated rings. The van der Waals surface area contributed by atoms with E-state index < -0.39 is 5.60 Å². The number of ether oxygens (including phenoxy) is 2. The Morgan fingerprint density at radius 1 is 1.35 bits per heavy atom. The first kappa shape index (κ1) is 21.5. The minimum atomic E-state index is -0.570. The average molecular weight is 429 g/mol. The summed E-state index contributed by atoms with van der Waals surface area (Å²) in [6.07, 6.45) is 0.251. The molecule has 1 atom stereocenters. The largest absolute Gasteiger partial charge is 0.506 e. The summed E-state index contributed by atoms with van der Waals surface area (Å²) in [5.41, 5.74) is 2.95. The van der Waals surface area contributed by atoms with Gasteiger partial charge in [-0.1, -0.05) is 19.9 Å². The van der Waals surface area contributed by atoms with E-state index in [0.29, 0.717) is 50.1 Å². The molecule has 2 aromatic rings. The quantitative estimate of drug-likeness (QED) is 0.761. The molecular weight excluding hydrogens is 396 g/mol. The van der Waals surface area contributed by atoms with E-state index >= 15 is 0 Å². The zero-order chi connectivity index (χ0) is 22.3. The first-order chi connectivity index (χ1) is 14.7. The van der Waals surface area contributed by atoms with Crippen LogP contribution in [-0.4, -0.2) is 57.7 Å². The molecule has 2 aliphatic rings. The third-order valence-corrected chi connectivity index (χ3v) is 5.66. The van der Waals surface area contributed by atoms with Gasteiger partial charge >= 0.3 is 6.09 Å². The molecule has 0 spiro atoms. The van der Waals surface area contributed by atoms with Gasteiger partial charge in [-0.05, 0) is 44.4 Å². The van der Waals surface area contributed by atoms with Crippen LogP contribution >= 0.6 is 0 Å². The van der Waals surface area contributed by atoms with E-state index in [4.69, 9.17) is 14.6 Å². The highest BCUT2D eigenvalue weighted by Crippen LogP contribution is 2.40. The van der Waals surface area contributed by atoms with Gasteiger partial charge in [0.1, 0.15) is 23.6 Å². The molecular formula is C23H32N4O4. The number of phenolic OH excluding ortho intramolecular Hbond substituents is 1. The van der Waals surface area contributed by atoms with Crippen LogP contribution < -0.4 is 10.1 Å². The highest BCUT2D eigenvalue weighted by atomic mass is 16.6. The number of benzene rings is 1. The van der Waals surface area contributed by atoms with Crippen LogP contribution in [0.15, 0.2) is 18.2 Å². The number of amides is 1. The summed E-state index contributed by atoms with van der Waals surface area (Å²) in [4.78, 5) is 14.7. The predicted molar refractivity (Wildman–Crippen MR) is 117 cm³/mol. The van der Waals surface area contributed by atoms with Crippen molar-refractivity contribution >= 4 is 6.09 Å². The van der Waals surface area contributed by atoms with Gasteiger partial charge in [0, 0.05) is 26.1 Å². The van der Waals surface area contributed by atoms with Crippen molar-refractivity contribution in [2.24, 2.45) is 0 Å². The normalized spacial score (nSPS) is 18.8. The van der Waals surface area contributed by atoms with Gasteiger partial charge < -0.3 is 19.9 Å². The molecule has 168 valence electrons. The number of phenols is 1. The maximum absolute atomic E-state index is 12.9. The van der Waals surface area contributed by atoms with Gasteiger partial charge in [-0.15, -0.1) is 5.10 Å². The molecule has 0 bridgehead atoms. The SMILES string of the molecule is CC(C)c1ccc(-n2nc3c4c2CCN(C(=O)OC(C)(C)C)[C@H]4CNCCO3)c(O)c1. The summed E-state index contributed by atoms with van der Waals surface area (Å²) in [6, 6.07) is 5.46. The van der Waals surface area contributed by atoms with Gasteiger partial charge in [0.2, 0.25) is 5.88 Å². The summed E-state index contributed by atoms with van der Waals surface area (Å²) in [5, 5.41) is 18.8. The van der Waals surface area contributed by atoms with Gasteiger partial charge in [-0.25, -0.2) is 9.48 Å². The molecule has 2 N–H and O–H groups in total. The Labute approximate surface area is 183 Å². The number of nitrogens with one attached hydrogen (secondary N) is 1. The Bertz CT molecular complexity index is 977. The maximum atomic E-state index is 12.9. The second-order valence-electron chi connectivity index (χ2n) is 9.47. The van der Waals surface area contributed by atoms with E-state index in [0.717, 1.165) is 16.8 Å². The fraction of sp³-hybridized carbons (Fsp3) is 0.565. The van der Waals surface area contributed by atoms with Crippen LogP contribution in [0.3, 0.4) is 0 Å². The number of hydrogen-bond donors (Lipinski definition) is 2. The Hall–Kier alpha value is -2.74. The molecule has 1 amide bonds. The van der Waals surface area contributed by atoms with Gasteiger partial charge in [0.25, 0.3) is 0 Å². The summed E-state index contributed by atoms with van der Waals surface area (Å²) in [6.45, 7) is 12.0. The lowest BCUT2D eigenvalue weighted by Gasteiger charge is -2.37. The minimum absolute atomic E-state index is 0.183. The van der Waals surface area contributed by atoms with Crippen LogP contribution in [0, 0.1) is 0 Å². The van der Waals surface area contributed by atoms with E-state index in [1.165, 1.54) is 0 Å². The Kier molecular flexibility index (Phi) is 5.60. The Morgan fingerprint density at radius 3 is 2.81 bits per heavy atom. The van der Waals surface area contributed by atoms with E-state index in [2.05, 4.69) is 19.2 Å². The van der Waals surface area contributed by atoms with Crippen LogP contribution in [0.4, 0.5) is 4.79 Å². The van der Waals surface area contributed by atoms with Crippen molar-refractivity contribution in [3.05, 3.63) is 35.0 Å². The number of carbonyl (C=O) groups excluding carboxylic acids is 1. The average Bonchev–Trinajstić information content (AvgIpc) is 3.02. The number of aromatic nitrogens is 2. The predicted octanol–water partition coefficient (Wildman–Crippen LogP) is 3.52. The number of aromatic hydroxyl groups is 1. The summed E-state index contributed by atoms with van der Waals surface area (Å²) < 4.78 is 13.4. The van der Waals surface area contributed by atoms with Crippen LogP contribution in [0.25, 0.3) is 5.69 Å². The van der Waals surface area contributed by atoms with Crippen LogP contribution in [0.2, 0.25) is 0 Å². The van der Waals surface area contributed by atoms with Gasteiger partial charge in [-0.2, -0.15) is 0 Å². The zero-order valence-electron chi connectivity index (χ0n) is 18.9. The third-order valence-electron chi connectivity index (χ3n) is 5.66. The molecule has 0 radical (unpaired) electrons. The van der Waals surface area contributed by atoms with Gasteiger partial charge in [0.15, 0.2) is 0 Å². The second-order valence-corrected chi connectivity index (χ2v) is 9.47. The van der Waals surface area contributed by atoms with Crippen LogP contribution in [0.1, 0.15) is 63.4 Å². The zero-order valence-corrected chi connectivity index (χ0v) is 18.9. The van der Waals surface area contributed by atoms with Crippen molar-refractivity contribution in [1.29, 1.82) is 0 Å². The fourth-order valence-corrected chi connectivity index (χ4v) is 4.15. The third kappa shape index (κ3) is 4.21. The highest BCUT2D eigenvalue weighted by molar-refractivity contribution is 5.70. The molecule has 4 rings (SSSR count). The number of hydrogen-bond acceptors (Lipinski definition) is 6. The van der Waals surface area contributed by atoms with Crippen LogP contribution in [-0.2, 0) is 11.2 Å². The summed E-state index contributed by atoms with van der Waals surface area (Å²) >= 11 is 0. The van der Waals surface area contributed by atoms with E-state index in [1.54, 1.807) is 15.6 Å². The fourth-order valence-electron chi connectivity index (χ4n) is 4.15. The molecule has 8 heteroatoms. The van der Waals surface area contributed by atoms with Crippen molar-refractivity contribution < 1.29 is 19.4 Å². The van der Waals surface area contributed by atoms with E-state index in [9.17, 15) is 9.90 Å². The molecule has 3 heterocycles. The lowest BCUT2D eigenvalue weighted by Crippen LogP contribution is -2.47. The molecule has 0 unspecified atom stereocenters. The molecule has 1 aromatic heterocycles. The van der Waals surface area contributed by atoms with Gasteiger partial charge in [0.05, 0.1) is 17.3 Å². The van der Waals surface area contributed by atoms with Crippen LogP contribution in [0.5, 0.6) is 11.6 Å². The lowest BCUT2D eigenvalue weighted by molar-refractivity contribution is 0.0133. The molecule has 0 saturated heterocycles. The van der Waals surface area contributed by atoms with Crippen molar-refractivity contribution in [3.8, 4) is 17.3 Å². The number of carbonyl (C=O) groups is 1. The molecule has 8 nitrogen and oxygen atoms in total. The number of rotatable bonds is 2. The second kappa shape index (κ2) is 8.07. The maximum Gasteiger partial charge on any atom is 0.410 e. The first-order valence-electron chi connectivity index (χ1n) is 10.9. The van der Waals surface area contributed by atoms with Crippen molar-refractivity contribution in [1.82, 2.24) is 20.0 Å².